The normalized spacial score (nSPS) is 13.7. The molecule has 12 heteroatoms. The molecule has 1 saturated heterocycles. The van der Waals surface area contributed by atoms with Crippen molar-refractivity contribution < 1.29 is 31.6 Å². The summed E-state index contributed by atoms with van der Waals surface area (Å²) in [5.41, 5.74) is 1.86. The Morgan fingerprint density at radius 1 is 1.02 bits per heavy atom. The first-order chi connectivity index (χ1) is 21.1. The van der Waals surface area contributed by atoms with Crippen LogP contribution in [0.4, 0.5) is 10.5 Å². The quantitative estimate of drug-likeness (QED) is 0.172. The van der Waals surface area contributed by atoms with E-state index in [-0.39, 0.29) is 42.9 Å². The van der Waals surface area contributed by atoms with E-state index in [9.17, 15) is 18.0 Å². The Morgan fingerprint density at radius 3 is 2.48 bits per heavy atom. The van der Waals surface area contributed by atoms with Crippen LogP contribution in [0.1, 0.15) is 60.6 Å². The summed E-state index contributed by atoms with van der Waals surface area (Å²) in [5, 5.41) is 0.917. The van der Waals surface area contributed by atoms with E-state index < -0.39 is 16.0 Å². The number of sulfonamides is 1. The zero-order valence-corrected chi connectivity index (χ0v) is 26.6. The van der Waals surface area contributed by atoms with Gasteiger partial charge < -0.3 is 23.4 Å². The Morgan fingerprint density at radius 2 is 1.80 bits per heavy atom. The summed E-state index contributed by atoms with van der Waals surface area (Å²) in [6.45, 7) is 7.10. The zero-order valence-electron chi connectivity index (χ0n) is 25.0. The molecule has 0 radical (unpaired) electrons. The molecule has 0 atom stereocenters. The molecule has 0 saturated carbocycles. The standard InChI is InChI=1S/C32H36ClN3O7S/c1-4-36(44(39,40)26-12-14-29-27(19-26)22(3)30(43-29)31(37)41-5-2)28-13-11-24(33)18-23(28)20-35(21-25-10-9-17-42-25)32(38)34-15-7-6-8-16-34/h9-14,17-19H,4-8,15-16,20-21H2,1-3H3. The minimum atomic E-state index is -4.10. The van der Waals surface area contributed by atoms with Gasteiger partial charge in [0.1, 0.15) is 11.3 Å². The summed E-state index contributed by atoms with van der Waals surface area (Å²) >= 11 is 6.43. The molecule has 0 bridgehead atoms. The van der Waals surface area contributed by atoms with Crippen molar-refractivity contribution in [3.05, 3.63) is 82.5 Å². The predicted octanol–water partition coefficient (Wildman–Crippen LogP) is 6.99. The van der Waals surface area contributed by atoms with E-state index in [1.165, 1.54) is 22.5 Å². The highest BCUT2D eigenvalue weighted by atomic mass is 35.5. The molecular formula is C32H36ClN3O7S. The molecule has 10 nitrogen and oxygen atoms in total. The van der Waals surface area contributed by atoms with Gasteiger partial charge in [-0.2, -0.15) is 0 Å². The van der Waals surface area contributed by atoms with Gasteiger partial charge in [-0.05, 0) is 94.1 Å². The number of aryl methyl sites for hydroxylation is 1. The fourth-order valence-electron chi connectivity index (χ4n) is 5.55. The average molecular weight is 642 g/mol. The number of esters is 1. The monoisotopic (exact) mass is 641 g/mol. The van der Waals surface area contributed by atoms with Gasteiger partial charge in [0.2, 0.25) is 5.76 Å². The summed E-state index contributed by atoms with van der Waals surface area (Å²) < 4.78 is 46.0. The third kappa shape index (κ3) is 6.44. The van der Waals surface area contributed by atoms with Crippen molar-refractivity contribution in [2.24, 2.45) is 0 Å². The maximum Gasteiger partial charge on any atom is 0.374 e. The molecule has 3 heterocycles. The largest absolute Gasteiger partial charge is 0.467 e. The van der Waals surface area contributed by atoms with Crippen LogP contribution in [0.25, 0.3) is 11.0 Å². The highest BCUT2D eigenvalue weighted by Crippen LogP contribution is 2.34. The topological polar surface area (TPSA) is 114 Å². The first-order valence-corrected chi connectivity index (χ1v) is 16.5. The number of anilines is 1. The number of urea groups is 1. The van der Waals surface area contributed by atoms with Crippen molar-refractivity contribution in [3.63, 3.8) is 0 Å². The lowest BCUT2D eigenvalue weighted by Crippen LogP contribution is -2.45. The van der Waals surface area contributed by atoms with E-state index in [2.05, 4.69) is 0 Å². The van der Waals surface area contributed by atoms with Gasteiger partial charge in [0.15, 0.2) is 0 Å². The van der Waals surface area contributed by atoms with Crippen molar-refractivity contribution in [3.8, 4) is 0 Å². The second kappa shape index (κ2) is 13.4. The lowest BCUT2D eigenvalue weighted by Gasteiger charge is -2.34. The number of amides is 2. The number of ether oxygens (including phenoxy) is 1. The van der Waals surface area contributed by atoms with Crippen LogP contribution in [-0.4, -0.2) is 56.5 Å². The molecule has 0 N–H and O–H groups in total. The van der Waals surface area contributed by atoms with E-state index in [1.807, 2.05) is 4.90 Å². The number of piperidine rings is 1. The molecular weight excluding hydrogens is 606 g/mol. The fraction of sp³-hybridized carbons (Fsp3) is 0.375. The van der Waals surface area contributed by atoms with Crippen molar-refractivity contribution in [1.82, 2.24) is 9.80 Å². The molecule has 2 aromatic carbocycles. The summed E-state index contributed by atoms with van der Waals surface area (Å²) in [6, 6.07) is 12.9. The van der Waals surface area contributed by atoms with Crippen molar-refractivity contribution in [1.29, 1.82) is 0 Å². The molecule has 1 aliphatic rings. The highest BCUT2D eigenvalue weighted by molar-refractivity contribution is 7.92. The van der Waals surface area contributed by atoms with E-state index in [1.54, 1.807) is 62.3 Å². The third-order valence-corrected chi connectivity index (χ3v) is 9.86. The van der Waals surface area contributed by atoms with Crippen molar-refractivity contribution in [2.75, 3.05) is 30.5 Å². The zero-order chi connectivity index (χ0) is 31.4. The second-order valence-corrected chi connectivity index (χ2v) is 12.9. The number of carbonyl (C=O) groups is 2. The number of rotatable bonds is 10. The molecule has 2 aromatic heterocycles. The molecule has 5 rings (SSSR count). The lowest BCUT2D eigenvalue weighted by molar-refractivity contribution is 0.0491. The number of carbonyl (C=O) groups excluding carboxylic acids is 2. The van der Waals surface area contributed by atoms with Crippen LogP contribution in [0.5, 0.6) is 0 Å². The molecule has 1 aliphatic heterocycles. The fourth-order valence-corrected chi connectivity index (χ4v) is 7.28. The van der Waals surface area contributed by atoms with E-state index in [0.29, 0.717) is 51.7 Å². The van der Waals surface area contributed by atoms with Gasteiger partial charge in [-0.25, -0.2) is 18.0 Å². The van der Waals surface area contributed by atoms with Crippen LogP contribution in [0.15, 0.2) is 68.5 Å². The van der Waals surface area contributed by atoms with Crippen LogP contribution in [-0.2, 0) is 27.8 Å². The minimum Gasteiger partial charge on any atom is -0.467 e. The Balaban J connectivity index is 1.51. The summed E-state index contributed by atoms with van der Waals surface area (Å²) in [7, 11) is -4.10. The predicted molar refractivity (Wildman–Crippen MR) is 167 cm³/mol. The van der Waals surface area contributed by atoms with E-state index in [0.717, 1.165) is 19.3 Å². The number of likely N-dealkylation sites (tertiary alicyclic amines) is 1. The number of fused-ring (bicyclic) bond motifs is 1. The maximum absolute atomic E-state index is 14.2. The number of benzene rings is 2. The summed E-state index contributed by atoms with van der Waals surface area (Å²) in [4.78, 5) is 29.6. The number of hydrogen-bond donors (Lipinski definition) is 0. The van der Waals surface area contributed by atoms with Crippen molar-refractivity contribution in [2.45, 2.75) is 58.0 Å². The smallest absolute Gasteiger partial charge is 0.374 e. The Bertz CT molecular complexity index is 1740. The third-order valence-electron chi connectivity index (χ3n) is 7.74. The van der Waals surface area contributed by atoms with Crippen LogP contribution in [0, 0.1) is 6.92 Å². The van der Waals surface area contributed by atoms with Gasteiger partial charge in [0.25, 0.3) is 10.0 Å². The molecule has 0 unspecified atom stereocenters. The average Bonchev–Trinajstić information content (AvgIpc) is 3.65. The summed E-state index contributed by atoms with van der Waals surface area (Å²) in [5.74, 6) is 0.0495. The first-order valence-electron chi connectivity index (χ1n) is 14.7. The van der Waals surface area contributed by atoms with E-state index >= 15 is 0 Å². The number of furan rings is 2. The van der Waals surface area contributed by atoms with Gasteiger partial charge >= 0.3 is 12.0 Å². The van der Waals surface area contributed by atoms with Crippen LogP contribution < -0.4 is 4.31 Å². The van der Waals surface area contributed by atoms with Crippen molar-refractivity contribution >= 4 is 50.3 Å². The van der Waals surface area contributed by atoms with Gasteiger partial charge in [-0.3, -0.25) is 4.31 Å². The van der Waals surface area contributed by atoms with Gasteiger partial charge in [-0.15, -0.1) is 0 Å². The van der Waals surface area contributed by atoms with Gasteiger partial charge in [0.05, 0.1) is 36.5 Å². The Kier molecular flexibility index (Phi) is 9.55. The molecule has 0 aliphatic carbocycles. The SMILES string of the molecule is CCOC(=O)c1oc2ccc(S(=O)(=O)N(CC)c3ccc(Cl)cc3CN(Cc3ccco3)C(=O)N3CCCCC3)cc2c1C. The molecule has 234 valence electrons. The van der Waals surface area contributed by atoms with Gasteiger partial charge in [0, 0.05) is 35.6 Å². The molecule has 44 heavy (non-hydrogen) atoms. The van der Waals surface area contributed by atoms with Gasteiger partial charge in [-0.1, -0.05) is 11.6 Å². The number of halogens is 1. The summed E-state index contributed by atoms with van der Waals surface area (Å²) in [6.07, 6.45) is 4.51. The van der Waals surface area contributed by atoms with Crippen LogP contribution >= 0.6 is 11.6 Å². The van der Waals surface area contributed by atoms with E-state index in [4.69, 9.17) is 25.2 Å². The molecule has 4 aromatic rings. The Labute approximate surface area is 262 Å². The highest BCUT2D eigenvalue weighted by Gasteiger charge is 2.30. The molecule has 2 amide bonds. The second-order valence-electron chi connectivity index (χ2n) is 10.6. The maximum atomic E-state index is 14.2. The number of hydrogen-bond acceptors (Lipinski definition) is 7. The Hall–Kier alpha value is -3.96. The first kappa shape index (κ1) is 31.5. The van der Waals surface area contributed by atoms with Crippen LogP contribution in [0.2, 0.25) is 5.02 Å². The number of nitrogens with zero attached hydrogens (tertiary/aromatic N) is 3. The lowest BCUT2D eigenvalue weighted by atomic mass is 10.1. The molecule has 1 fully saturated rings. The molecule has 0 spiro atoms. The minimum absolute atomic E-state index is 0.0314. The van der Waals surface area contributed by atoms with Crippen LogP contribution in [0.3, 0.4) is 0 Å².